The number of hydrogen-bond donors (Lipinski definition) is 2. The molecule has 0 aliphatic heterocycles. The third kappa shape index (κ3) is 1.06. The maximum absolute atomic E-state index is 8.91. The Labute approximate surface area is 61.9 Å². The number of aliphatic hydroxyl groups is 2. The van der Waals surface area contributed by atoms with E-state index in [-0.39, 0.29) is 18.6 Å². The topological polar surface area (TPSA) is 40.5 Å². The second-order valence-electron chi connectivity index (χ2n) is 3.92. The molecule has 0 aromatic rings. The normalized spacial score (nSPS) is 37.2. The number of aliphatic hydroxyl groups excluding tert-OH is 2. The smallest absolute Gasteiger partial charge is 0.0467 e. The molecular formula is C8H16O2. The van der Waals surface area contributed by atoms with Gasteiger partial charge in [0.25, 0.3) is 0 Å². The highest BCUT2D eigenvalue weighted by Gasteiger charge is 2.45. The highest BCUT2D eigenvalue weighted by atomic mass is 16.3. The van der Waals surface area contributed by atoms with Gasteiger partial charge >= 0.3 is 0 Å². The van der Waals surface area contributed by atoms with Gasteiger partial charge in [0, 0.05) is 13.2 Å². The minimum absolute atomic E-state index is 0.220. The summed E-state index contributed by atoms with van der Waals surface area (Å²) in [6, 6.07) is 0. The zero-order valence-corrected chi connectivity index (χ0v) is 6.67. The van der Waals surface area contributed by atoms with Crippen LogP contribution in [-0.4, -0.2) is 23.4 Å². The molecule has 0 aromatic heterocycles. The average molecular weight is 144 g/mol. The molecule has 2 N–H and O–H groups in total. The van der Waals surface area contributed by atoms with Gasteiger partial charge in [-0.05, 0) is 23.7 Å². The molecular weight excluding hydrogens is 128 g/mol. The molecule has 0 radical (unpaired) electrons. The van der Waals surface area contributed by atoms with Crippen molar-refractivity contribution >= 4 is 0 Å². The molecule has 0 saturated heterocycles. The van der Waals surface area contributed by atoms with Crippen LogP contribution in [-0.2, 0) is 0 Å². The molecule has 1 aliphatic carbocycles. The summed E-state index contributed by atoms with van der Waals surface area (Å²) in [5.74, 6) is 0.664. The lowest BCUT2D eigenvalue weighted by atomic mass is 9.56. The van der Waals surface area contributed by atoms with E-state index in [9.17, 15) is 0 Å². The highest BCUT2D eigenvalue weighted by Crippen LogP contribution is 2.49. The summed E-state index contributed by atoms with van der Waals surface area (Å²) in [6.45, 7) is 4.73. The number of rotatable bonds is 2. The molecule has 0 bridgehead atoms. The molecule has 2 heteroatoms. The second-order valence-corrected chi connectivity index (χ2v) is 3.92. The summed E-state index contributed by atoms with van der Waals surface area (Å²) in [5.41, 5.74) is 0.252. The predicted molar refractivity (Wildman–Crippen MR) is 39.5 cm³/mol. The first-order valence-corrected chi connectivity index (χ1v) is 3.83. The van der Waals surface area contributed by atoms with E-state index in [1.807, 2.05) is 0 Å². The molecule has 0 spiro atoms. The van der Waals surface area contributed by atoms with Crippen molar-refractivity contribution in [2.24, 2.45) is 17.3 Å². The Hall–Kier alpha value is -0.0800. The van der Waals surface area contributed by atoms with E-state index in [0.29, 0.717) is 11.8 Å². The Morgan fingerprint density at radius 2 is 1.90 bits per heavy atom. The maximum atomic E-state index is 8.91. The van der Waals surface area contributed by atoms with Gasteiger partial charge in [-0.3, -0.25) is 0 Å². The fourth-order valence-corrected chi connectivity index (χ4v) is 2.03. The largest absolute Gasteiger partial charge is 0.396 e. The molecule has 60 valence electrons. The lowest BCUT2D eigenvalue weighted by Gasteiger charge is -2.50. The Morgan fingerprint density at radius 1 is 1.30 bits per heavy atom. The predicted octanol–water partition coefficient (Wildman–Crippen LogP) is 0.633. The summed E-state index contributed by atoms with van der Waals surface area (Å²) >= 11 is 0. The second kappa shape index (κ2) is 2.51. The molecule has 10 heavy (non-hydrogen) atoms. The van der Waals surface area contributed by atoms with Crippen molar-refractivity contribution in [2.45, 2.75) is 20.3 Å². The van der Waals surface area contributed by atoms with Crippen molar-refractivity contribution in [3.63, 3.8) is 0 Å². The summed E-state index contributed by atoms with van der Waals surface area (Å²) in [4.78, 5) is 0. The Kier molecular flexibility index (Phi) is 2.02. The van der Waals surface area contributed by atoms with Crippen LogP contribution < -0.4 is 0 Å². The monoisotopic (exact) mass is 144 g/mol. The third-order valence-corrected chi connectivity index (χ3v) is 2.79. The molecule has 0 amide bonds. The van der Waals surface area contributed by atoms with E-state index < -0.39 is 0 Å². The van der Waals surface area contributed by atoms with Crippen LogP contribution in [0.2, 0.25) is 0 Å². The van der Waals surface area contributed by atoms with Gasteiger partial charge in [0.2, 0.25) is 0 Å². The van der Waals surface area contributed by atoms with Crippen LogP contribution in [0.4, 0.5) is 0 Å². The van der Waals surface area contributed by atoms with Gasteiger partial charge in [-0.1, -0.05) is 13.8 Å². The van der Waals surface area contributed by atoms with Gasteiger partial charge < -0.3 is 10.2 Å². The first-order valence-electron chi connectivity index (χ1n) is 3.83. The standard InChI is InChI=1S/C8H16O2/c1-8(2)3-6(4-9)7(8)5-10/h6-7,9-10H,3-5H2,1-2H3/t6-,7-/m1/s1. The Bertz CT molecular complexity index is 120. The fraction of sp³-hybridized carbons (Fsp3) is 1.00. The first-order chi connectivity index (χ1) is 4.61. The van der Waals surface area contributed by atoms with Crippen molar-refractivity contribution in [1.29, 1.82) is 0 Å². The first kappa shape index (κ1) is 8.02. The quantitative estimate of drug-likeness (QED) is 0.597. The third-order valence-electron chi connectivity index (χ3n) is 2.79. The molecule has 0 aromatic carbocycles. The summed E-state index contributed by atoms with van der Waals surface area (Å²) < 4.78 is 0. The summed E-state index contributed by atoms with van der Waals surface area (Å²) in [6.07, 6.45) is 1.05. The van der Waals surface area contributed by atoms with Crippen LogP contribution in [0.25, 0.3) is 0 Å². The van der Waals surface area contributed by atoms with E-state index in [1.165, 1.54) is 0 Å². The lowest BCUT2D eigenvalue weighted by Crippen LogP contribution is -2.47. The molecule has 2 nitrogen and oxygen atoms in total. The van der Waals surface area contributed by atoms with E-state index in [0.717, 1.165) is 6.42 Å². The number of hydrogen-bond acceptors (Lipinski definition) is 2. The van der Waals surface area contributed by atoms with Crippen molar-refractivity contribution in [1.82, 2.24) is 0 Å². The van der Waals surface area contributed by atoms with Crippen LogP contribution in [0.1, 0.15) is 20.3 Å². The Morgan fingerprint density at radius 3 is 2.10 bits per heavy atom. The van der Waals surface area contributed by atoms with Gasteiger partial charge in [0.05, 0.1) is 0 Å². The fourth-order valence-electron chi connectivity index (χ4n) is 2.03. The van der Waals surface area contributed by atoms with Crippen molar-refractivity contribution < 1.29 is 10.2 Å². The summed E-state index contributed by atoms with van der Waals surface area (Å²) in [5, 5.41) is 17.7. The zero-order chi connectivity index (χ0) is 7.78. The van der Waals surface area contributed by atoms with E-state index in [2.05, 4.69) is 13.8 Å². The molecule has 1 fully saturated rings. The van der Waals surface area contributed by atoms with Gasteiger partial charge in [-0.25, -0.2) is 0 Å². The molecule has 2 atom stereocenters. The van der Waals surface area contributed by atoms with Crippen LogP contribution in [0.3, 0.4) is 0 Å². The zero-order valence-electron chi connectivity index (χ0n) is 6.67. The molecule has 0 heterocycles. The molecule has 1 rings (SSSR count). The van der Waals surface area contributed by atoms with Gasteiger partial charge in [-0.2, -0.15) is 0 Å². The minimum atomic E-state index is 0.220. The Balaban J connectivity index is 2.46. The average Bonchev–Trinajstić information content (AvgIpc) is 1.84. The summed E-state index contributed by atoms with van der Waals surface area (Å²) in [7, 11) is 0. The van der Waals surface area contributed by atoms with Crippen LogP contribution in [0, 0.1) is 17.3 Å². The van der Waals surface area contributed by atoms with Crippen molar-refractivity contribution in [2.75, 3.05) is 13.2 Å². The maximum Gasteiger partial charge on any atom is 0.0467 e. The molecule has 0 unspecified atom stereocenters. The van der Waals surface area contributed by atoms with Gasteiger partial charge in [0.15, 0.2) is 0 Å². The van der Waals surface area contributed by atoms with E-state index in [1.54, 1.807) is 0 Å². The minimum Gasteiger partial charge on any atom is -0.396 e. The van der Waals surface area contributed by atoms with Gasteiger partial charge in [-0.15, -0.1) is 0 Å². The van der Waals surface area contributed by atoms with Crippen LogP contribution in [0.5, 0.6) is 0 Å². The SMILES string of the molecule is CC1(C)C[C@H](CO)[C@H]1CO. The van der Waals surface area contributed by atoms with Crippen molar-refractivity contribution in [3.05, 3.63) is 0 Å². The van der Waals surface area contributed by atoms with Crippen molar-refractivity contribution in [3.8, 4) is 0 Å². The molecule has 1 saturated carbocycles. The lowest BCUT2D eigenvalue weighted by molar-refractivity contribution is -0.0704. The van der Waals surface area contributed by atoms with Crippen LogP contribution in [0.15, 0.2) is 0 Å². The van der Waals surface area contributed by atoms with E-state index >= 15 is 0 Å². The molecule has 1 aliphatic rings. The van der Waals surface area contributed by atoms with Gasteiger partial charge in [0.1, 0.15) is 0 Å². The highest BCUT2D eigenvalue weighted by molar-refractivity contribution is 4.94. The van der Waals surface area contributed by atoms with Crippen LogP contribution >= 0.6 is 0 Å². The van der Waals surface area contributed by atoms with E-state index in [4.69, 9.17) is 10.2 Å².